The minimum Gasteiger partial charge on any atom is -0.508 e. The summed E-state index contributed by atoms with van der Waals surface area (Å²) in [4.78, 5) is 42.5. The van der Waals surface area contributed by atoms with Gasteiger partial charge in [0.25, 0.3) is 0 Å². The standard InChI is InChI=1S/C19H26O7.C7H6O3/c1-15(21)23-7-3-5-9-25-18-11-17(14-20)12-19(13-18)26-10-6-4-8-24-16(2)22;8-4-5-1-6(9)3-7(10)2-5/h11-14H,3-10H2,1-2H3;1-4,9-10H. The highest BCUT2D eigenvalue weighted by Crippen LogP contribution is 2.23. The molecule has 10 heteroatoms. The Morgan fingerprint density at radius 1 is 0.639 bits per heavy atom. The van der Waals surface area contributed by atoms with E-state index in [0.29, 0.717) is 62.6 Å². The number of esters is 2. The second-order valence-corrected chi connectivity index (χ2v) is 7.55. The summed E-state index contributed by atoms with van der Waals surface area (Å²) < 4.78 is 21.0. The van der Waals surface area contributed by atoms with Gasteiger partial charge in [-0.15, -0.1) is 0 Å². The van der Waals surface area contributed by atoms with E-state index >= 15 is 0 Å². The van der Waals surface area contributed by atoms with Crippen molar-refractivity contribution in [3.63, 3.8) is 0 Å². The summed E-state index contributed by atoms with van der Waals surface area (Å²) in [6.45, 7) is 4.39. The van der Waals surface area contributed by atoms with Gasteiger partial charge in [0.05, 0.1) is 26.4 Å². The third-order valence-corrected chi connectivity index (χ3v) is 4.32. The van der Waals surface area contributed by atoms with Gasteiger partial charge in [0, 0.05) is 37.1 Å². The Kier molecular flexibility index (Phi) is 14.5. The maximum absolute atomic E-state index is 11.1. The number of hydrogen-bond donors (Lipinski definition) is 2. The summed E-state index contributed by atoms with van der Waals surface area (Å²) in [5.41, 5.74) is 0.731. The number of rotatable bonds is 14. The van der Waals surface area contributed by atoms with Crippen LogP contribution in [0.5, 0.6) is 23.0 Å². The molecular formula is C26H32O10. The van der Waals surface area contributed by atoms with Gasteiger partial charge < -0.3 is 29.2 Å². The Labute approximate surface area is 209 Å². The highest BCUT2D eigenvalue weighted by Gasteiger charge is 2.04. The molecule has 0 spiro atoms. The Hall–Kier alpha value is -4.08. The summed E-state index contributed by atoms with van der Waals surface area (Å²) in [6.07, 6.45) is 4.16. The lowest BCUT2D eigenvalue weighted by Crippen LogP contribution is -2.05. The third kappa shape index (κ3) is 14.2. The molecule has 2 aromatic carbocycles. The number of carbonyl (C=O) groups is 4. The average Bonchev–Trinajstić information content (AvgIpc) is 2.82. The molecule has 10 nitrogen and oxygen atoms in total. The van der Waals surface area contributed by atoms with Gasteiger partial charge in [-0.25, -0.2) is 0 Å². The first-order valence-corrected chi connectivity index (χ1v) is 11.3. The monoisotopic (exact) mass is 504 g/mol. The van der Waals surface area contributed by atoms with E-state index in [-0.39, 0.29) is 29.0 Å². The summed E-state index contributed by atoms with van der Waals surface area (Å²) in [5.74, 6) is 0.302. The molecule has 0 fully saturated rings. The molecule has 0 atom stereocenters. The van der Waals surface area contributed by atoms with Crippen molar-refractivity contribution in [3.05, 3.63) is 47.5 Å². The molecule has 0 amide bonds. The second kappa shape index (κ2) is 17.4. The zero-order chi connectivity index (χ0) is 26.8. The van der Waals surface area contributed by atoms with Crippen LogP contribution < -0.4 is 9.47 Å². The fourth-order valence-electron chi connectivity index (χ4n) is 2.73. The lowest BCUT2D eigenvalue weighted by atomic mass is 10.2. The molecule has 0 aliphatic rings. The summed E-state index contributed by atoms with van der Waals surface area (Å²) in [7, 11) is 0. The van der Waals surface area contributed by atoms with E-state index in [1.54, 1.807) is 18.2 Å². The molecule has 2 N–H and O–H groups in total. The molecule has 0 aromatic heterocycles. The molecule has 36 heavy (non-hydrogen) atoms. The Morgan fingerprint density at radius 3 is 1.42 bits per heavy atom. The number of aldehydes is 2. The van der Waals surface area contributed by atoms with Crippen LogP contribution in [0.1, 0.15) is 60.2 Å². The van der Waals surface area contributed by atoms with Crippen molar-refractivity contribution in [3.8, 4) is 23.0 Å². The molecule has 0 unspecified atom stereocenters. The van der Waals surface area contributed by atoms with Gasteiger partial charge in [-0.2, -0.15) is 0 Å². The minimum atomic E-state index is -0.292. The Morgan fingerprint density at radius 2 is 1.03 bits per heavy atom. The molecule has 0 aliphatic carbocycles. The van der Waals surface area contributed by atoms with Crippen LogP contribution in [-0.4, -0.2) is 61.2 Å². The molecular weight excluding hydrogens is 472 g/mol. The van der Waals surface area contributed by atoms with Crippen LogP contribution in [0.25, 0.3) is 0 Å². The van der Waals surface area contributed by atoms with Crippen LogP contribution in [0.3, 0.4) is 0 Å². The lowest BCUT2D eigenvalue weighted by molar-refractivity contribution is -0.142. The van der Waals surface area contributed by atoms with Crippen LogP contribution in [0.4, 0.5) is 0 Å². The number of aromatic hydroxyl groups is 2. The zero-order valence-electron chi connectivity index (χ0n) is 20.4. The first-order chi connectivity index (χ1) is 17.2. The fraction of sp³-hybridized carbons (Fsp3) is 0.385. The Balaban J connectivity index is 0.000000537. The summed E-state index contributed by atoms with van der Waals surface area (Å²) >= 11 is 0. The van der Waals surface area contributed by atoms with Gasteiger partial charge in [0.1, 0.15) is 35.6 Å². The van der Waals surface area contributed by atoms with E-state index in [4.69, 9.17) is 29.2 Å². The zero-order valence-corrected chi connectivity index (χ0v) is 20.4. The number of hydrogen-bond acceptors (Lipinski definition) is 10. The van der Waals surface area contributed by atoms with E-state index in [9.17, 15) is 19.2 Å². The van der Waals surface area contributed by atoms with E-state index < -0.39 is 0 Å². The normalized spacial score (nSPS) is 9.83. The van der Waals surface area contributed by atoms with Gasteiger partial charge in [0.15, 0.2) is 0 Å². The molecule has 0 radical (unpaired) electrons. The summed E-state index contributed by atoms with van der Waals surface area (Å²) in [5, 5.41) is 17.6. The van der Waals surface area contributed by atoms with E-state index in [1.165, 1.54) is 26.0 Å². The molecule has 0 bridgehead atoms. The maximum atomic E-state index is 11.1. The number of benzene rings is 2. The highest BCUT2D eigenvalue weighted by atomic mass is 16.5. The van der Waals surface area contributed by atoms with Gasteiger partial charge in [-0.3, -0.25) is 19.2 Å². The van der Waals surface area contributed by atoms with Crippen LogP contribution in [-0.2, 0) is 19.1 Å². The van der Waals surface area contributed by atoms with Crippen molar-refractivity contribution < 1.29 is 48.3 Å². The minimum absolute atomic E-state index is 0.109. The number of phenols is 2. The fourth-order valence-corrected chi connectivity index (χ4v) is 2.73. The van der Waals surface area contributed by atoms with Crippen LogP contribution in [0.15, 0.2) is 36.4 Å². The van der Waals surface area contributed by atoms with Gasteiger partial charge in [-0.05, 0) is 49.9 Å². The predicted molar refractivity (Wildman–Crippen MR) is 130 cm³/mol. The molecule has 2 rings (SSSR count). The number of ether oxygens (including phenoxy) is 4. The lowest BCUT2D eigenvalue weighted by Gasteiger charge is -2.11. The topological polar surface area (TPSA) is 146 Å². The first kappa shape index (κ1) is 30.0. The maximum Gasteiger partial charge on any atom is 0.302 e. The van der Waals surface area contributed by atoms with Crippen molar-refractivity contribution in [1.29, 1.82) is 0 Å². The van der Waals surface area contributed by atoms with Crippen LogP contribution in [0.2, 0.25) is 0 Å². The predicted octanol–water partition coefficient (Wildman–Crippen LogP) is 3.85. The van der Waals surface area contributed by atoms with Gasteiger partial charge in [-0.1, -0.05) is 0 Å². The van der Waals surface area contributed by atoms with Crippen molar-refractivity contribution in [2.45, 2.75) is 39.5 Å². The van der Waals surface area contributed by atoms with Crippen molar-refractivity contribution in [2.24, 2.45) is 0 Å². The van der Waals surface area contributed by atoms with Gasteiger partial charge in [0.2, 0.25) is 0 Å². The molecule has 0 saturated heterocycles. The molecule has 0 aliphatic heterocycles. The second-order valence-electron chi connectivity index (χ2n) is 7.55. The number of carbonyl (C=O) groups excluding carboxylic acids is 4. The SMILES string of the molecule is CC(=O)OCCCCOc1cc(C=O)cc(OCCCCOC(C)=O)c1.O=Cc1cc(O)cc(O)c1. The average molecular weight is 505 g/mol. The number of unbranched alkanes of at least 4 members (excludes halogenated alkanes) is 2. The van der Waals surface area contributed by atoms with Crippen molar-refractivity contribution >= 4 is 24.5 Å². The molecule has 0 heterocycles. The third-order valence-electron chi connectivity index (χ3n) is 4.32. The molecule has 0 saturated carbocycles. The number of phenolic OH excluding ortho intramolecular Hbond substituents is 2. The van der Waals surface area contributed by atoms with Crippen LogP contribution >= 0.6 is 0 Å². The van der Waals surface area contributed by atoms with Crippen molar-refractivity contribution in [1.82, 2.24) is 0 Å². The summed E-state index contributed by atoms with van der Waals surface area (Å²) in [6, 6.07) is 8.72. The van der Waals surface area contributed by atoms with E-state index in [1.807, 2.05) is 0 Å². The molecule has 2 aromatic rings. The van der Waals surface area contributed by atoms with Crippen molar-refractivity contribution in [2.75, 3.05) is 26.4 Å². The Bertz CT molecular complexity index is 922. The highest BCUT2D eigenvalue weighted by molar-refractivity contribution is 5.77. The van der Waals surface area contributed by atoms with Crippen LogP contribution in [0, 0.1) is 0 Å². The van der Waals surface area contributed by atoms with E-state index in [2.05, 4.69) is 0 Å². The smallest absolute Gasteiger partial charge is 0.302 e. The van der Waals surface area contributed by atoms with Gasteiger partial charge >= 0.3 is 11.9 Å². The largest absolute Gasteiger partial charge is 0.508 e. The molecule has 196 valence electrons. The van der Waals surface area contributed by atoms with E-state index in [0.717, 1.165) is 25.2 Å². The quantitative estimate of drug-likeness (QED) is 0.221. The first-order valence-electron chi connectivity index (χ1n) is 11.3.